The Morgan fingerprint density at radius 2 is 2.12 bits per heavy atom. The van der Waals surface area contributed by atoms with E-state index in [0.717, 1.165) is 37.4 Å². The number of pyridine rings is 1. The van der Waals surface area contributed by atoms with E-state index in [0.29, 0.717) is 6.04 Å². The first-order valence-electron chi connectivity index (χ1n) is 8.34. The van der Waals surface area contributed by atoms with E-state index in [1.54, 1.807) is 17.8 Å². The third-order valence-electron chi connectivity index (χ3n) is 4.20. The third kappa shape index (κ3) is 5.14. The SMILES string of the molecule is O=C(C=Cc1ccc(NC2CCN(Cc3ccccc3)C2)nc1)NO. The second-order valence-corrected chi connectivity index (χ2v) is 6.14. The summed E-state index contributed by atoms with van der Waals surface area (Å²) in [5.74, 6) is 0.266. The number of hydrogen-bond donors (Lipinski definition) is 3. The number of hydrogen-bond acceptors (Lipinski definition) is 5. The smallest absolute Gasteiger partial charge is 0.267 e. The summed E-state index contributed by atoms with van der Waals surface area (Å²) in [5, 5.41) is 11.9. The van der Waals surface area contributed by atoms with Crippen LogP contribution in [0.2, 0.25) is 0 Å². The van der Waals surface area contributed by atoms with Crippen LogP contribution in [-0.4, -0.2) is 40.1 Å². The minimum atomic E-state index is -0.563. The molecule has 1 aromatic carbocycles. The van der Waals surface area contributed by atoms with Gasteiger partial charge >= 0.3 is 0 Å². The summed E-state index contributed by atoms with van der Waals surface area (Å²) in [7, 11) is 0. The van der Waals surface area contributed by atoms with Crippen LogP contribution in [0.4, 0.5) is 5.82 Å². The Balaban J connectivity index is 1.50. The first-order valence-corrected chi connectivity index (χ1v) is 8.34. The number of anilines is 1. The van der Waals surface area contributed by atoms with Crippen molar-refractivity contribution in [2.24, 2.45) is 0 Å². The van der Waals surface area contributed by atoms with E-state index in [1.165, 1.54) is 11.6 Å². The van der Waals surface area contributed by atoms with E-state index in [9.17, 15) is 4.79 Å². The predicted octanol–water partition coefficient (Wildman–Crippen LogP) is 2.29. The maximum absolute atomic E-state index is 11.0. The van der Waals surface area contributed by atoms with Crippen molar-refractivity contribution in [3.63, 3.8) is 0 Å². The van der Waals surface area contributed by atoms with Crippen LogP contribution in [0.15, 0.2) is 54.7 Å². The largest absolute Gasteiger partial charge is 0.366 e. The number of likely N-dealkylation sites (tertiary alicyclic amines) is 1. The summed E-state index contributed by atoms with van der Waals surface area (Å²) >= 11 is 0. The van der Waals surface area contributed by atoms with Crippen LogP contribution in [0.5, 0.6) is 0 Å². The molecular formula is C19H22N4O2. The standard InChI is InChI=1S/C19H22N4O2/c24-19(22-25)9-7-15-6-8-18(20-12-15)21-17-10-11-23(14-17)13-16-4-2-1-3-5-16/h1-9,12,17,25H,10-11,13-14H2,(H,20,21)(H,22,24). The van der Waals surface area contributed by atoms with Gasteiger partial charge in [-0.1, -0.05) is 30.3 Å². The molecule has 1 fully saturated rings. The average Bonchev–Trinajstić information content (AvgIpc) is 3.08. The molecule has 3 rings (SSSR count). The van der Waals surface area contributed by atoms with Crippen molar-refractivity contribution in [1.82, 2.24) is 15.4 Å². The normalized spacial score (nSPS) is 17.7. The Morgan fingerprint density at radius 1 is 1.28 bits per heavy atom. The van der Waals surface area contributed by atoms with Crippen LogP contribution >= 0.6 is 0 Å². The lowest BCUT2D eigenvalue weighted by atomic mass is 10.2. The molecule has 2 heterocycles. The minimum absolute atomic E-state index is 0.387. The zero-order chi connectivity index (χ0) is 17.5. The van der Waals surface area contributed by atoms with Crippen LogP contribution in [0.3, 0.4) is 0 Å². The highest BCUT2D eigenvalue weighted by atomic mass is 16.5. The first-order chi connectivity index (χ1) is 12.2. The van der Waals surface area contributed by atoms with Crippen molar-refractivity contribution in [2.45, 2.75) is 19.0 Å². The molecule has 1 aliphatic rings. The second kappa shape index (κ2) is 8.41. The lowest BCUT2D eigenvalue weighted by molar-refractivity contribution is -0.124. The molecule has 0 saturated carbocycles. The zero-order valence-corrected chi connectivity index (χ0v) is 13.9. The molecule has 2 aromatic rings. The van der Waals surface area contributed by atoms with Crippen LogP contribution in [0, 0.1) is 0 Å². The fourth-order valence-corrected chi connectivity index (χ4v) is 2.94. The Hall–Kier alpha value is -2.70. The van der Waals surface area contributed by atoms with E-state index in [1.807, 2.05) is 18.2 Å². The summed E-state index contributed by atoms with van der Waals surface area (Å²) < 4.78 is 0. The number of aromatic nitrogens is 1. The summed E-state index contributed by atoms with van der Waals surface area (Å²) in [6, 6.07) is 14.7. The van der Waals surface area contributed by atoms with Crippen LogP contribution in [0.1, 0.15) is 17.5 Å². The maximum Gasteiger partial charge on any atom is 0.267 e. The van der Waals surface area contributed by atoms with Gasteiger partial charge < -0.3 is 5.32 Å². The number of carbonyl (C=O) groups is 1. The Bertz CT molecular complexity index is 716. The van der Waals surface area contributed by atoms with Gasteiger partial charge in [-0.15, -0.1) is 0 Å². The van der Waals surface area contributed by atoms with Crippen molar-refractivity contribution in [1.29, 1.82) is 0 Å². The molecule has 6 heteroatoms. The van der Waals surface area contributed by atoms with Gasteiger partial charge in [0.1, 0.15) is 5.82 Å². The number of carbonyl (C=O) groups excluding carboxylic acids is 1. The molecular weight excluding hydrogens is 316 g/mol. The molecule has 0 radical (unpaired) electrons. The number of amides is 1. The number of nitrogens with one attached hydrogen (secondary N) is 2. The highest BCUT2D eigenvalue weighted by Gasteiger charge is 2.22. The van der Waals surface area contributed by atoms with Gasteiger partial charge in [-0.25, -0.2) is 10.5 Å². The Labute approximate surface area is 147 Å². The van der Waals surface area contributed by atoms with E-state index in [2.05, 4.69) is 39.5 Å². The molecule has 3 N–H and O–H groups in total. The fraction of sp³-hybridized carbons (Fsp3) is 0.263. The predicted molar refractivity (Wildman–Crippen MR) is 96.9 cm³/mol. The summed E-state index contributed by atoms with van der Waals surface area (Å²) in [4.78, 5) is 17.8. The Kier molecular flexibility index (Phi) is 5.77. The molecule has 1 unspecified atom stereocenters. The zero-order valence-electron chi connectivity index (χ0n) is 13.9. The number of rotatable bonds is 6. The third-order valence-corrected chi connectivity index (χ3v) is 4.20. The quantitative estimate of drug-likeness (QED) is 0.428. The molecule has 6 nitrogen and oxygen atoms in total. The maximum atomic E-state index is 11.0. The molecule has 1 aliphatic heterocycles. The van der Waals surface area contributed by atoms with Crippen molar-refractivity contribution < 1.29 is 10.0 Å². The average molecular weight is 338 g/mol. The number of nitrogens with zero attached hydrogens (tertiary/aromatic N) is 2. The van der Waals surface area contributed by atoms with Crippen LogP contribution < -0.4 is 10.8 Å². The molecule has 1 amide bonds. The van der Waals surface area contributed by atoms with E-state index in [-0.39, 0.29) is 0 Å². The van der Waals surface area contributed by atoms with Crippen LogP contribution in [-0.2, 0) is 11.3 Å². The van der Waals surface area contributed by atoms with Gasteiger partial charge in [0.05, 0.1) is 0 Å². The summed E-state index contributed by atoms with van der Waals surface area (Å²) in [6.07, 6.45) is 5.63. The van der Waals surface area contributed by atoms with E-state index < -0.39 is 5.91 Å². The fourth-order valence-electron chi connectivity index (χ4n) is 2.94. The molecule has 0 spiro atoms. The monoisotopic (exact) mass is 338 g/mol. The molecule has 1 atom stereocenters. The molecule has 1 aromatic heterocycles. The number of hydroxylamine groups is 1. The van der Waals surface area contributed by atoms with Crippen molar-refractivity contribution >= 4 is 17.8 Å². The van der Waals surface area contributed by atoms with Crippen LogP contribution in [0.25, 0.3) is 6.08 Å². The van der Waals surface area contributed by atoms with Gasteiger partial charge in [-0.2, -0.15) is 0 Å². The summed E-state index contributed by atoms with van der Waals surface area (Å²) in [5.41, 5.74) is 3.69. The van der Waals surface area contributed by atoms with Gasteiger partial charge in [0.15, 0.2) is 0 Å². The van der Waals surface area contributed by atoms with E-state index >= 15 is 0 Å². The molecule has 1 saturated heterocycles. The summed E-state index contributed by atoms with van der Waals surface area (Å²) in [6.45, 7) is 3.04. The van der Waals surface area contributed by atoms with Gasteiger partial charge in [-0.3, -0.25) is 14.9 Å². The van der Waals surface area contributed by atoms with Gasteiger partial charge in [0.2, 0.25) is 0 Å². The molecule has 25 heavy (non-hydrogen) atoms. The van der Waals surface area contributed by atoms with Crippen molar-refractivity contribution in [3.8, 4) is 0 Å². The first kappa shape index (κ1) is 17.1. The van der Waals surface area contributed by atoms with Gasteiger partial charge in [0.25, 0.3) is 5.91 Å². The highest BCUT2D eigenvalue weighted by Crippen LogP contribution is 2.17. The lowest BCUT2D eigenvalue weighted by Crippen LogP contribution is -2.26. The Morgan fingerprint density at radius 3 is 2.84 bits per heavy atom. The number of benzene rings is 1. The van der Waals surface area contributed by atoms with Gasteiger partial charge in [0, 0.05) is 37.9 Å². The molecule has 130 valence electrons. The molecule has 0 aliphatic carbocycles. The topological polar surface area (TPSA) is 77.5 Å². The van der Waals surface area contributed by atoms with Crippen molar-refractivity contribution in [2.75, 3.05) is 18.4 Å². The highest BCUT2D eigenvalue weighted by molar-refractivity contribution is 5.90. The van der Waals surface area contributed by atoms with E-state index in [4.69, 9.17) is 5.21 Å². The van der Waals surface area contributed by atoms with Crippen molar-refractivity contribution in [3.05, 3.63) is 65.9 Å². The minimum Gasteiger partial charge on any atom is -0.366 e. The lowest BCUT2D eigenvalue weighted by Gasteiger charge is -2.17. The molecule has 0 bridgehead atoms. The van der Waals surface area contributed by atoms with Gasteiger partial charge in [-0.05, 0) is 35.8 Å². The second-order valence-electron chi connectivity index (χ2n) is 6.14.